The molecule has 0 amide bonds. The van der Waals surface area contributed by atoms with Gasteiger partial charge in [0, 0.05) is 5.56 Å². The molecule has 0 aromatic heterocycles. The quantitative estimate of drug-likeness (QED) is 0.751. The van der Waals surface area contributed by atoms with Crippen LogP contribution in [0.25, 0.3) is 0 Å². The van der Waals surface area contributed by atoms with Crippen LogP contribution in [0.15, 0.2) is 12.1 Å². The third-order valence-electron chi connectivity index (χ3n) is 2.64. The van der Waals surface area contributed by atoms with E-state index in [0.29, 0.717) is 5.75 Å². The summed E-state index contributed by atoms with van der Waals surface area (Å²) < 4.78 is 5.69. The van der Waals surface area contributed by atoms with E-state index < -0.39 is 0 Å². The highest BCUT2D eigenvalue weighted by Crippen LogP contribution is 2.29. The first kappa shape index (κ1) is 11.9. The lowest BCUT2D eigenvalue weighted by Crippen LogP contribution is -2.00. The van der Waals surface area contributed by atoms with Crippen molar-refractivity contribution >= 4 is 0 Å². The predicted octanol–water partition coefficient (Wildman–Crippen LogP) is 3.44. The maximum absolute atomic E-state index is 9.57. The average Bonchev–Trinajstić information content (AvgIpc) is 2.24. The maximum Gasteiger partial charge on any atom is 0.122 e. The number of benzene rings is 1. The third-order valence-corrected chi connectivity index (χ3v) is 2.64. The summed E-state index contributed by atoms with van der Waals surface area (Å²) in [5, 5.41) is 9.57. The summed E-state index contributed by atoms with van der Waals surface area (Å²) in [7, 11) is 0. The van der Waals surface area contributed by atoms with Gasteiger partial charge >= 0.3 is 0 Å². The SMILES string of the molecule is CCCCOc1ccc(O)c(C)c1CC. The lowest BCUT2D eigenvalue weighted by Gasteiger charge is -2.13. The highest BCUT2D eigenvalue weighted by molar-refractivity contribution is 5.47. The second-order valence-corrected chi connectivity index (χ2v) is 3.74. The van der Waals surface area contributed by atoms with Gasteiger partial charge in [-0.1, -0.05) is 20.3 Å². The van der Waals surface area contributed by atoms with Crippen LogP contribution in [-0.2, 0) is 6.42 Å². The van der Waals surface area contributed by atoms with E-state index in [4.69, 9.17) is 4.74 Å². The van der Waals surface area contributed by atoms with Gasteiger partial charge in [0.2, 0.25) is 0 Å². The Balaban J connectivity index is 2.83. The van der Waals surface area contributed by atoms with Crippen LogP contribution in [0.4, 0.5) is 0 Å². The Labute approximate surface area is 91.9 Å². The van der Waals surface area contributed by atoms with E-state index in [1.165, 1.54) is 0 Å². The topological polar surface area (TPSA) is 29.5 Å². The average molecular weight is 208 g/mol. The summed E-state index contributed by atoms with van der Waals surface area (Å²) in [5.74, 6) is 1.27. The van der Waals surface area contributed by atoms with E-state index in [2.05, 4.69) is 13.8 Å². The van der Waals surface area contributed by atoms with Crippen molar-refractivity contribution in [2.24, 2.45) is 0 Å². The molecule has 0 bridgehead atoms. The molecule has 0 saturated heterocycles. The van der Waals surface area contributed by atoms with Gasteiger partial charge in [-0.05, 0) is 37.5 Å². The van der Waals surface area contributed by atoms with Gasteiger partial charge in [0.25, 0.3) is 0 Å². The van der Waals surface area contributed by atoms with Crippen molar-refractivity contribution in [1.82, 2.24) is 0 Å². The summed E-state index contributed by atoms with van der Waals surface area (Å²) in [6, 6.07) is 3.56. The van der Waals surface area contributed by atoms with Crippen molar-refractivity contribution in [1.29, 1.82) is 0 Å². The molecule has 0 atom stereocenters. The molecule has 0 fully saturated rings. The van der Waals surface area contributed by atoms with E-state index in [9.17, 15) is 5.11 Å². The largest absolute Gasteiger partial charge is 0.508 e. The van der Waals surface area contributed by atoms with Gasteiger partial charge in [-0.25, -0.2) is 0 Å². The normalized spacial score (nSPS) is 10.3. The van der Waals surface area contributed by atoms with E-state index >= 15 is 0 Å². The molecule has 1 rings (SSSR count). The van der Waals surface area contributed by atoms with Crippen LogP contribution >= 0.6 is 0 Å². The van der Waals surface area contributed by atoms with Crippen LogP contribution in [0.2, 0.25) is 0 Å². The third kappa shape index (κ3) is 2.88. The zero-order valence-corrected chi connectivity index (χ0v) is 9.84. The second kappa shape index (κ2) is 5.64. The first-order valence-electron chi connectivity index (χ1n) is 5.64. The summed E-state index contributed by atoms with van der Waals surface area (Å²) in [5.41, 5.74) is 2.05. The molecule has 0 aliphatic carbocycles. The van der Waals surface area contributed by atoms with Gasteiger partial charge in [-0.2, -0.15) is 0 Å². The Hall–Kier alpha value is -1.18. The van der Waals surface area contributed by atoms with Gasteiger partial charge in [0.1, 0.15) is 11.5 Å². The van der Waals surface area contributed by atoms with Gasteiger partial charge in [-0.3, -0.25) is 0 Å². The number of phenols is 1. The lowest BCUT2D eigenvalue weighted by molar-refractivity contribution is 0.305. The summed E-state index contributed by atoms with van der Waals surface area (Å²) in [4.78, 5) is 0. The fourth-order valence-electron chi connectivity index (χ4n) is 1.62. The molecule has 0 radical (unpaired) electrons. The van der Waals surface area contributed by atoms with Crippen molar-refractivity contribution in [3.05, 3.63) is 23.3 Å². The molecule has 1 aromatic carbocycles. The van der Waals surface area contributed by atoms with Crippen LogP contribution in [-0.4, -0.2) is 11.7 Å². The Morgan fingerprint density at radius 1 is 1.27 bits per heavy atom. The Morgan fingerprint density at radius 3 is 2.60 bits per heavy atom. The molecule has 0 spiro atoms. The van der Waals surface area contributed by atoms with Crippen molar-refractivity contribution in [2.75, 3.05) is 6.61 Å². The molecule has 2 nitrogen and oxygen atoms in total. The first-order chi connectivity index (χ1) is 7.20. The van der Waals surface area contributed by atoms with Crippen LogP contribution in [0.5, 0.6) is 11.5 Å². The highest BCUT2D eigenvalue weighted by atomic mass is 16.5. The minimum absolute atomic E-state index is 0.356. The van der Waals surface area contributed by atoms with E-state index in [1.54, 1.807) is 6.07 Å². The van der Waals surface area contributed by atoms with E-state index in [-0.39, 0.29) is 0 Å². The molecule has 1 N–H and O–H groups in total. The number of hydrogen-bond donors (Lipinski definition) is 1. The number of hydrogen-bond acceptors (Lipinski definition) is 2. The van der Waals surface area contributed by atoms with Crippen molar-refractivity contribution in [3.8, 4) is 11.5 Å². The Bertz CT molecular complexity index is 319. The molecule has 1 aromatic rings. The second-order valence-electron chi connectivity index (χ2n) is 3.74. The number of ether oxygens (including phenoxy) is 1. The molecule has 2 heteroatoms. The minimum Gasteiger partial charge on any atom is -0.508 e. The summed E-state index contributed by atoms with van der Waals surface area (Å²) in [6.07, 6.45) is 3.10. The van der Waals surface area contributed by atoms with Crippen LogP contribution in [0, 0.1) is 6.92 Å². The Morgan fingerprint density at radius 2 is 2.00 bits per heavy atom. The van der Waals surface area contributed by atoms with E-state index in [1.807, 2.05) is 13.0 Å². The van der Waals surface area contributed by atoms with Gasteiger partial charge < -0.3 is 9.84 Å². The number of phenolic OH excluding ortho intramolecular Hbond substituents is 1. The van der Waals surface area contributed by atoms with Gasteiger partial charge in [0.05, 0.1) is 6.61 Å². The van der Waals surface area contributed by atoms with Gasteiger partial charge in [-0.15, -0.1) is 0 Å². The predicted molar refractivity (Wildman–Crippen MR) is 62.6 cm³/mol. The minimum atomic E-state index is 0.356. The van der Waals surface area contributed by atoms with E-state index in [0.717, 1.165) is 42.7 Å². The zero-order valence-electron chi connectivity index (χ0n) is 9.84. The summed E-state index contributed by atoms with van der Waals surface area (Å²) in [6.45, 7) is 6.91. The van der Waals surface area contributed by atoms with Crippen LogP contribution < -0.4 is 4.74 Å². The fourth-order valence-corrected chi connectivity index (χ4v) is 1.62. The van der Waals surface area contributed by atoms with Crippen LogP contribution in [0.3, 0.4) is 0 Å². The molecular weight excluding hydrogens is 188 g/mol. The fraction of sp³-hybridized carbons (Fsp3) is 0.538. The van der Waals surface area contributed by atoms with Crippen molar-refractivity contribution < 1.29 is 9.84 Å². The van der Waals surface area contributed by atoms with Crippen molar-refractivity contribution in [3.63, 3.8) is 0 Å². The maximum atomic E-state index is 9.57. The van der Waals surface area contributed by atoms with Gasteiger partial charge in [0.15, 0.2) is 0 Å². The summed E-state index contributed by atoms with van der Waals surface area (Å²) >= 11 is 0. The monoisotopic (exact) mass is 208 g/mol. The molecule has 0 unspecified atom stereocenters. The molecule has 0 aliphatic rings. The number of aromatic hydroxyl groups is 1. The van der Waals surface area contributed by atoms with Crippen LogP contribution in [0.1, 0.15) is 37.8 Å². The molecule has 0 heterocycles. The smallest absolute Gasteiger partial charge is 0.122 e. The zero-order chi connectivity index (χ0) is 11.3. The lowest BCUT2D eigenvalue weighted by atomic mass is 10.0. The van der Waals surface area contributed by atoms with Crippen molar-refractivity contribution in [2.45, 2.75) is 40.0 Å². The Kier molecular flexibility index (Phi) is 4.47. The molecule has 15 heavy (non-hydrogen) atoms. The highest BCUT2D eigenvalue weighted by Gasteiger charge is 2.08. The first-order valence-corrected chi connectivity index (χ1v) is 5.64. The molecule has 0 aliphatic heterocycles. The molecule has 0 saturated carbocycles. The number of rotatable bonds is 5. The molecular formula is C13H20O2. The molecule has 84 valence electrons. The number of unbranched alkanes of at least 4 members (excludes halogenated alkanes) is 1. The standard InChI is InChI=1S/C13H20O2/c1-4-6-9-15-13-8-7-12(14)10(3)11(13)5-2/h7-8,14H,4-6,9H2,1-3H3.